The third kappa shape index (κ3) is 4.13. The van der Waals surface area contributed by atoms with Crippen LogP contribution in [0.4, 0.5) is 18.9 Å². The summed E-state index contributed by atoms with van der Waals surface area (Å²) in [6.07, 6.45) is -2.37. The van der Waals surface area contributed by atoms with Gasteiger partial charge in [0.1, 0.15) is 0 Å². The van der Waals surface area contributed by atoms with Crippen LogP contribution >= 0.6 is 0 Å². The molecular formula is C19H19F3N2O. The molecule has 0 aliphatic carbocycles. The maximum atomic E-state index is 12.6. The Morgan fingerprint density at radius 3 is 2.40 bits per heavy atom. The minimum Gasteiger partial charge on any atom is -0.367 e. The van der Waals surface area contributed by atoms with Crippen molar-refractivity contribution < 1.29 is 18.0 Å². The predicted octanol–water partition coefficient (Wildman–Crippen LogP) is 4.10. The summed E-state index contributed by atoms with van der Waals surface area (Å²) in [7, 11) is 0. The number of nitrogens with zero attached hydrogens (tertiary/aromatic N) is 1. The number of halogens is 3. The zero-order valence-corrected chi connectivity index (χ0v) is 13.6. The van der Waals surface area contributed by atoms with Gasteiger partial charge in [0, 0.05) is 30.4 Å². The molecule has 1 N–H and O–H groups in total. The van der Waals surface area contributed by atoms with Gasteiger partial charge in [-0.15, -0.1) is 0 Å². The van der Waals surface area contributed by atoms with Gasteiger partial charge >= 0.3 is 6.18 Å². The Labute approximate surface area is 144 Å². The number of benzene rings is 2. The van der Waals surface area contributed by atoms with Crippen LogP contribution in [0.5, 0.6) is 0 Å². The molecule has 1 unspecified atom stereocenters. The quantitative estimate of drug-likeness (QED) is 0.902. The first-order valence-corrected chi connectivity index (χ1v) is 8.22. The fraction of sp³-hybridized carbons (Fsp3) is 0.316. The van der Waals surface area contributed by atoms with Crippen LogP contribution in [0.25, 0.3) is 0 Å². The molecule has 3 nitrogen and oxygen atoms in total. The van der Waals surface area contributed by atoms with Crippen molar-refractivity contribution in [2.24, 2.45) is 0 Å². The van der Waals surface area contributed by atoms with Crippen molar-refractivity contribution in [3.63, 3.8) is 0 Å². The van der Waals surface area contributed by atoms with Crippen LogP contribution in [0.2, 0.25) is 0 Å². The lowest BCUT2D eigenvalue weighted by atomic mass is 10.1. The van der Waals surface area contributed by atoms with Crippen LogP contribution in [0.1, 0.15) is 28.8 Å². The van der Waals surface area contributed by atoms with Gasteiger partial charge in [0.15, 0.2) is 0 Å². The molecule has 6 heteroatoms. The molecule has 0 aromatic heterocycles. The first-order chi connectivity index (χ1) is 11.9. The van der Waals surface area contributed by atoms with Crippen molar-refractivity contribution in [3.05, 3.63) is 65.7 Å². The average Bonchev–Trinajstić information content (AvgIpc) is 3.08. The van der Waals surface area contributed by atoms with Crippen LogP contribution < -0.4 is 10.2 Å². The van der Waals surface area contributed by atoms with E-state index >= 15 is 0 Å². The van der Waals surface area contributed by atoms with E-state index in [0.29, 0.717) is 6.54 Å². The van der Waals surface area contributed by atoms with E-state index in [9.17, 15) is 18.0 Å². The van der Waals surface area contributed by atoms with Gasteiger partial charge in [-0.3, -0.25) is 4.79 Å². The number of carbonyl (C=O) groups is 1. The summed E-state index contributed by atoms with van der Waals surface area (Å²) < 4.78 is 37.7. The van der Waals surface area contributed by atoms with Crippen molar-refractivity contribution >= 4 is 11.6 Å². The van der Waals surface area contributed by atoms with Crippen LogP contribution in [-0.4, -0.2) is 25.0 Å². The molecule has 1 aliphatic rings. The van der Waals surface area contributed by atoms with Gasteiger partial charge in [-0.2, -0.15) is 13.2 Å². The van der Waals surface area contributed by atoms with Crippen molar-refractivity contribution in [1.29, 1.82) is 0 Å². The van der Waals surface area contributed by atoms with Crippen LogP contribution in [0.3, 0.4) is 0 Å². The lowest BCUT2D eigenvalue weighted by Crippen LogP contribution is -2.40. The van der Waals surface area contributed by atoms with E-state index in [1.54, 1.807) is 0 Å². The summed E-state index contributed by atoms with van der Waals surface area (Å²) in [5, 5.41) is 2.84. The van der Waals surface area contributed by atoms with E-state index in [1.807, 2.05) is 30.3 Å². The van der Waals surface area contributed by atoms with Gasteiger partial charge in [0.25, 0.3) is 5.91 Å². The molecule has 3 rings (SSSR count). The standard InChI is InChI=1S/C19H19F3N2O/c20-19(21,22)15-10-8-14(9-11-15)18(25)23-13-17-7-4-12-24(17)16-5-2-1-3-6-16/h1-3,5-6,8-11,17H,4,7,12-13H2,(H,23,25). The largest absolute Gasteiger partial charge is 0.416 e. The number of anilines is 1. The maximum absolute atomic E-state index is 12.6. The van der Waals surface area contributed by atoms with Crippen molar-refractivity contribution in [1.82, 2.24) is 5.32 Å². The van der Waals surface area contributed by atoms with Gasteiger partial charge < -0.3 is 10.2 Å². The Bertz CT molecular complexity index is 714. The number of rotatable bonds is 4. The number of hydrogen-bond donors (Lipinski definition) is 1. The van der Waals surface area contributed by atoms with Crippen molar-refractivity contribution in [2.75, 3.05) is 18.0 Å². The Kier molecular flexibility index (Phi) is 4.97. The number of nitrogens with one attached hydrogen (secondary N) is 1. The zero-order valence-electron chi connectivity index (χ0n) is 13.6. The van der Waals surface area contributed by atoms with Crippen molar-refractivity contribution in [3.8, 4) is 0 Å². The molecule has 2 aromatic rings. The van der Waals surface area contributed by atoms with E-state index in [2.05, 4.69) is 10.2 Å². The van der Waals surface area contributed by atoms with Crippen LogP contribution in [-0.2, 0) is 6.18 Å². The highest BCUT2D eigenvalue weighted by atomic mass is 19.4. The summed E-state index contributed by atoms with van der Waals surface area (Å²) in [6.45, 7) is 1.40. The minimum atomic E-state index is -4.39. The number of alkyl halides is 3. The highest BCUT2D eigenvalue weighted by Crippen LogP contribution is 2.29. The van der Waals surface area contributed by atoms with Gasteiger partial charge in [0.2, 0.25) is 0 Å². The summed E-state index contributed by atoms with van der Waals surface area (Å²) in [6, 6.07) is 14.5. The predicted molar refractivity (Wildman–Crippen MR) is 90.6 cm³/mol. The smallest absolute Gasteiger partial charge is 0.367 e. The topological polar surface area (TPSA) is 32.3 Å². The van der Waals surface area contributed by atoms with Crippen LogP contribution in [0, 0.1) is 0 Å². The molecule has 0 saturated carbocycles. The number of amides is 1. The Balaban J connectivity index is 1.60. The number of para-hydroxylation sites is 1. The minimum absolute atomic E-state index is 0.195. The molecule has 1 aliphatic heterocycles. The second-order valence-corrected chi connectivity index (χ2v) is 6.11. The molecule has 1 fully saturated rings. The number of carbonyl (C=O) groups excluding carboxylic acids is 1. The third-order valence-corrected chi connectivity index (χ3v) is 4.44. The maximum Gasteiger partial charge on any atom is 0.416 e. The van der Waals surface area contributed by atoms with E-state index in [1.165, 1.54) is 12.1 Å². The third-order valence-electron chi connectivity index (χ3n) is 4.44. The lowest BCUT2D eigenvalue weighted by Gasteiger charge is -2.27. The normalized spacial score (nSPS) is 17.6. The Morgan fingerprint density at radius 1 is 1.08 bits per heavy atom. The van der Waals surface area contributed by atoms with Crippen molar-refractivity contribution in [2.45, 2.75) is 25.1 Å². The van der Waals surface area contributed by atoms with Gasteiger partial charge in [-0.25, -0.2) is 0 Å². The first-order valence-electron chi connectivity index (χ1n) is 8.22. The molecular weight excluding hydrogens is 329 g/mol. The number of hydrogen-bond acceptors (Lipinski definition) is 2. The lowest BCUT2D eigenvalue weighted by molar-refractivity contribution is -0.137. The molecule has 1 saturated heterocycles. The van der Waals surface area contributed by atoms with E-state index in [0.717, 1.165) is 37.2 Å². The summed E-state index contributed by atoms with van der Waals surface area (Å²) >= 11 is 0. The summed E-state index contributed by atoms with van der Waals surface area (Å²) in [4.78, 5) is 14.5. The Hall–Kier alpha value is -2.50. The molecule has 1 amide bonds. The molecule has 0 radical (unpaired) electrons. The highest BCUT2D eigenvalue weighted by molar-refractivity contribution is 5.94. The van der Waals surface area contributed by atoms with Gasteiger partial charge in [-0.1, -0.05) is 18.2 Å². The molecule has 132 valence electrons. The second kappa shape index (κ2) is 7.17. The van der Waals surface area contributed by atoms with Gasteiger partial charge in [-0.05, 0) is 49.2 Å². The monoisotopic (exact) mass is 348 g/mol. The fourth-order valence-electron chi connectivity index (χ4n) is 3.13. The molecule has 2 aromatic carbocycles. The van der Waals surface area contributed by atoms with E-state index in [4.69, 9.17) is 0 Å². The van der Waals surface area contributed by atoms with E-state index in [-0.39, 0.29) is 17.5 Å². The zero-order chi connectivity index (χ0) is 17.9. The molecule has 1 heterocycles. The van der Waals surface area contributed by atoms with E-state index < -0.39 is 11.7 Å². The second-order valence-electron chi connectivity index (χ2n) is 6.11. The highest BCUT2D eigenvalue weighted by Gasteiger charge is 2.30. The molecule has 1 atom stereocenters. The summed E-state index contributed by atoms with van der Waals surface area (Å²) in [5.41, 5.74) is 0.598. The Morgan fingerprint density at radius 2 is 1.76 bits per heavy atom. The first kappa shape index (κ1) is 17.3. The molecule has 0 spiro atoms. The fourth-order valence-corrected chi connectivity index (χ4v) is 3.13. The SMILES string of the molecule is O=C(NCC1CCCN1c1ccccc1)c1ccc(C(F)(F)F)cc1. The average molecular weight is 348 g/mol. The van der Waals surface area contributed by atoms with Gasteiger partial charge in [0.05, 0.1) is 5.56 Å². The summed E-state index contributed by atoms with van der Waals surface area (Å²) in [5.74, 6) is -0.353. The molecule has 25 heavy (non-hydrogen) atoms. The molecule has 0 bridgehead atoms. The van der Waals surface area contributed by atoms with Crippen LogP contribution in [0.15, 0.2) is 54.6 Å².